The molecule has 3 rings (SSSR count). The van der Waals surface area contributed by atoms with Crippen molar-refractivity contribution in [3.05, 3.63) is 42.0 Å². The Kier molecular flexibility index (Phi) is 5.91. The molecule has 1 N–H and O–H groups in total. The zero-order valence-corrected chi connectivity index (χ0v) is 15.7. The summed E-state index contributed by atoms with van der Waals surface area (Å²) in [7, 11) is -3.78. The fourth-order valence-corrected chi connectivity index (χ4v) is 3.99. The van der Waals surface area contributed by atoms with Gasteiger partial charge >= 0.3 is 0 Å². The number of oxazole rings is 1. The Morgan fingerprint density at radius 3 is 2.96 bits per heavy atom. The lowest BCUT2D eigenvalue weighted by Gasteiger charge is -2.15. The van der Waals surface area contributed by atoms with Crippen molar-refractivity contribution in [2.45, 2.75) is 36.9 Å². The molecule has 0 aliphatic carbocycles. The third-order valence-corrected chi connectivity index (χ3v) is 6.40. The molecule has 146 valence electrons. The molecule has 1 aliphatic heterocycles. The summed E-state index contributed by atoms with van der Waals surface area (Å²) in [5.74, 6) is -1.34. The number of nitrogens with zero attached hydrogens (tertiary/aromatic N) is 1. The fourth-order valence-electron chi connectivity index (χ4n) is 2.79. The van der Waals surface area contributed by atoms with Crippen molar-refractivity contribution in [1.29, 1.82) is 0 Å². The van der Waals surface area contributed by atoms with Gasteiger partial charge in [0.2, 0.25) is 11.8 Å². The van der Waals surface area contributed by atoms with Gasteiger partial charge in [-0.05, 0) is 38.0 Å². The average Bonchev–Trinajstić information content (AvgIpc) is 3.30. The monoisotopic (exact) mass is 396 g/mol. The molecule has 2 atom stereocenters. The Balaban J connectivity index is 1.62. The first kappa shape index (κ1) is 19.5. The van der Waals surface area contributed by atoms with E-state index >= 15 is 0 Å². The summed E-state index contributed by atoms with van der Waals surface area (Å²) >= 11 is 0. The molecule has 0 saturated carbocycles. The first-order valence-corrected chi connectivity index (χ1v) is 10.4. The number of aromatic nitrogens is 1. The van der Waals surface area contributed by atoms with E-state index in [4.69, 9.17) is 9.15 Å². The molecule has 0 radical (unpaired) electrons. The standard InChI is InChI=1S/C18H21FN2O5S/c1-12(17(22)20-9-16-6-3-7-25-16)27(23,24)11-15-10-26-18(21-15)13-4-2-5-14(19)8-13/h2,4-5,8,10,12,16H,3,6-7,9,11H2,1H3,(H,20,22)/t12-,16+/m0/s1. The van der Waals surface area contributed by atoms with E-state index in [1.165, 1.54) is 31.4 Å². The van der Waals surface area contributed by atoms with Crippen LogP contribution in [0, 0.1) is 5.82 Å². The number of amides is 1. The lowest BCUT2D eigenvalue weighted by molar-refractivity contribution is -0.120. The summed E-state index contributed by atoms with van der Waals surface area (Å²) in [6.07, 6.45) is 2.93. The van der Waals surface area contributed by atoms with Gasteiger partial charge in [0.05, 0.1) is 17.6 Å². The number of nitrogens with one attached hydrogen (secondary N) is 1. The fraction of sp³-hybridized carbons (Fsp3) is 0.444. The summed E-state index contributed by atoms with van der Waals surface area (Å²) in [5.41, 5.74) is 0.564. The number of halogens is 1. The average molecular weight is 396 g/mol. The minimum atomic E-state index is -3.78. The van der Waals surface area contributed by atoms with Gasteiger partial charge in [-0.25, -0.2) is 17.8 Å². The van der Waals surface area contributed by atoms with Crippen LogP contribution in [-0.4, -0.2) is 43.8 Å². The minimum absolute atomic E-state index is 0.0618. The van der Waals surface area contributed by atoms with Crippen LogP contribution < -0.4 is 5.32 Å². The number of rotatable bonds is 7. The van der Waals surface area contributed by atoms with E-state index in [9.17, 15) is 17.6 Å². The van der Waals surface area contributed by atoms with Gasteiger partial charge in [0, 0.05) is 18.7 Å². The van der Waals surface area contributed by atoms with Gasteiger partial charge in [-0.1, -0.05) is 6.07 Å². The quantitative estimate of drug-likeness (QED) is 0.769. The molecular weight excluding hydrogens is 375 g/mol. The van der Waals surface area contributed by atoms with Crippen LogP contribution in [0.4, 0.5) is 4.39 Å². The van der Waals surface area contributed by atoms with E-state index < -0.39 is 32.6 Å². The van der Waals surface area contributed by atoms with E-state index in [0.717, 1.165) is 12.8 Å². The number of carbonyl (C=O) groups is 1. The second-order valence-electron chi connectivity index (χ2n) is 6.48. The van der Waals surface area contributed by atoms with Gasteiger partial charge < -0.3 is 14.5 Å². The molecule has 1 saturated heterocycles. The summed E-state index contributed by atoms with van der Waals surface area (Å²) < 4.78 is 49.0. The highest BCUT2D eigenvalue weighted by Crippen LogP contribution is 2.21. The van der Waals surface area contributed by atoms with Crippen molar-refractivity contribution in [3.63, 3.8) is 0 Å². The Hall–Kier alpha value is -2.26. The highest BCUT2D eigenvalue weighted by molar-refractivity contribution is 7.92. The minimum Gasteiger partial charge on any atom is -0.444 e. The molecule has 7 nitrogen and oxygen atoms in total. The number of hydrogen-bond acceptors (Lipinski definition) is 6. The topological polar surface area (TPSA) is 98.5 Å². The Labute approximate surface area is 156 Å². The highest BCUT2D eigenvalue weighted by Gasteiger charge is 2.30. The Morgan fingerprint density at radius 2 is 2.26 bits per heavy atom. The predicted molar refractivity (Wildman–Crippen MR) is 96.0 cm³/mol. The van der Waals surface area contributed by atoms with Gasteiger partial charge in [-0.2, -0.15) is 0 Å². The van der Waals surface area contributed by atoms with Crippen molar-refractivity contribution in [3.8, 4) is 11.5 Å². The maximum absolute atomic E-state index is 13.3. The van der Waals surface area contributed by atoms with Crippen molar-refractivity contribution < 1.29 is 26.8 Å². The first-order valence-electron chi connectivity index (χ1n) is 8.66. The van der Waals surface area contributed by atoms with Crippen LogP contribution in [0.25, 0.3) is 11.5 Å². The number of hydrogen-bond donors (Lipinski definition) is 1. The van der Waals surface area contributed by atoms with Gasteiger partial charge in [0.1, 0.15) is 17.3 Å². The third-order valence-electron chi connectivity index (χ3n) is 4.41. The summed E-state index contributed by atoms with van der Waals surface area (Å²) in [4.78, 5) is 16.3. The van der Waals surface area contributed by atoms with Crippen molar-refractivity contribution in [2.75, 3.05) is 13.2 Å². The number of carbonyl (C=O) groups excluding carboxylic acids is 1. The Bertz CT molecular complexity index is 906. The smallest absolute Gasteiger partial charge is 0.238 e. The molecule has 1 aromatic heterocycles. The second-order valence-corrected chi connectivity index (χ2v) is 8.81. The molecule has 27 heavy (non-hydrogen) atoms. The van der Waals surface area contributed by atoms with E-state index in [-0.39, 0.29) is 17.7 Å². The molecule has 9 heteroatoms. The summed E-state index contributed by atoms with van der Waals surface area (Å²) in [6.45, 7) is 2.30. The number of ether oxygens (including phenoxy) is 1. The predicted octanol–water partition coefficient (Wildman–Crippen LogP) is 2.08. The van der Waals surface area contributed by atoms with E-state index in [0.29, 0.717) is 18.7 Å². The van der Waals surface area contributed by atoms with Crippen molar-refractivity contribution in [1.82, 2.24) is 10.3 Å². The number of sulfone groups is 1. The van der Waals surface area contributed by atoms with Gasteiger partial charge in [0.15, 0.2) is 9.84 Å². The zero-order valence-electron chi connectivity index (χ0n) is 14.9. The largest absolute Gasteiger partial charge is 0.444 e. The first-order chi connectivity index (χ1) is 12.8. The van der Waals surface area contributed by atoms with Crippen molar-refractivity contribution in [2.24, 2.45) is 0 Å². The van der Waals surface area contributed by atoms with Crippen LogP contribution in [0.15, 0.2) is 34.9 Å². The molecule has 1 amide bonds. The summed E-state index contributed by atoms with van der Waals surface area (Å²) in [5, 5.41) is 1.40. The zero-order chi connectivity index (χ0) is 19.4. The van der Waals surface area contributed by atoms with Gasteiger partial charge in [0.25, 0.3) is 0 Å². The van der Waals surface area contributed by atoms with Crippen LogP contribution in [0.5, 0.6) is 0 Å². The number of benzene rings is 1. The van der Waals surface area contributed by atoms with E-state index in [1.54, 1.807) is 6.07 Å². The maximum Gasteiger partial charge on any atom is 0.238 e. The van der Waals surface area contributed by atoms with Crippen LogP contribution >= 0.6 is 0 Å². The molecular formula is C18H21FN2O5S. The summed E-state index contributed by atoms with van der Waals surface area (Å²) in [6, 6.07) is 5.64. The maximum atomic E-state index is 13.3. The second kappa shape index (κ2) is 8.18. The van der Waals surface area contributed by atoms with E-state index in [2.05, 4.69) is 10.3 Å². The molecule has 0 bridgehead atoms. The Morgan fingerprint density at radius 1 is 1.44 bits per heavy atom. The molecule has 1 aliphatic rings. The molecule has 0 unspecified atom stereocenters. The SMILES string of the molecule is C[C@@H](C(=O)NC[C@H]1CCCO1)S(=O)(=O)Cc1coc(-c2cccc(F)c2)n1. The van der Waals surface area contributed by atoms with Crippen LogP contribution in [0.3, 0.4) is 0 Å². The van der Waals surface area contributed by atoms with Crippen LogP contribution in [0.1, 0.15) is 25.5 Å². The van der Waals surface area contributed by atoms with Crippen LogP contribution in [-0.2, 0) is 25.1 Å². The van der Waals surface area contributed by atoms with Crippen LogP contribution in [0.2, 0.25) is 0 Å². The third kappa shape index (κ3) is 4.92. The normalized spacial score (nSPS) is 18.4. The molecule has 1 fully saturated rings. The molecule has 1 aromatic carbocycles. The molecule has 2 aromatic rings. The lowest BCUT2D eigenvalue weighted by atomic mass is 10.2. The van der Waals surface area contributed by atoms with Gasteiger partial charge in [-0.15, -0.1) is 0 Å². The lowest BCUT2D eigenvalue weighted by Crippen LogP contribution is -2.41. The van der Waals surface area contributed by atoms with Crippen molar-refractivity contribution >= 4 is 15.7 Å². The highest BCUT2D eigenvalue weighted by atomic mass is 32.2. The van der Waals surface area contributed by atoms with Gasteiger partial charge in [-0.3, -0.25) is 4.79 Å². The molecule has 2 heterocycles. The van der Waals surface area contributed by atoms with E-state index in [1.807, 2.05) is 0 Å². The molecule has 0 spiro atoms.